The fourth-order valence-electron chi connectivity index (χ4n) is 2.94. The average Bonchev–Trinajstić information content (AvgIpc) is 3.19. The highest BCUT2D eigenvalue weighted by Gasteiger charge is 2.26. The van der Waals surface area contributed by atoms with Gasteiger partial charge in [-0.2, -0.15) is 4.37 Å². The molecule has 7 heteroatoms. The number of aromatic nitrogens is 2. The first-order chi connectivity index (χ1) is 14.0. The van der Waals surface area contributed by atoms with E-state index in [1.54, 1.807) is 31.4 Å². The molecule has 1 aromatic heterocycles. The van der Waals surface area contributed by atoms with Crippen LogP contribution in [0.15, 0.2) is 48.5 Å². The Hall–Kier alpha value is -2.77. The van der Waals surface area contributed by atoms with Crippen LogP contribution in [-0.4, -0.2) is 34.3 Å². The number of anilines is 1. The Bertz CT molecular complexity index is 938. The molecule has 0 bridgehead atoms. The van der Waals surface area contributed by atoms with Crippen molar-refractivity contribution >= 4 is 22.4 Å². The van der Waals surface area contributed by atoms with Crippen molar-refractivity contribution in [2.45, 2.75) is 38.8 Å². The molecule has 152 valence electrons. The maximum absolute atomic E-state index is 13.1. The van der Waals surface area contributed by atoms with E-state index in [1.807, 2.05) is 6.92 Å². The number of aryl methyl sites for hydroxylation is 1. The first-order valence-corrected chi connectivity index (χ1v) is 10.4. The minimum absolute atomic E-state index is 0.0720. The summed E-state index contributed by atoms with van der Waals surface area (Å²) in [5, 5.41) is 3.81. The highest BCUT2D eigenvalue weighted by atomic mass is 32.1. The highest BCUT2D eigenvalue weighted by molar-refractivity contribution is 7.09. The van der Waals surface area contributed by atoms with Crippen LogP contribution in [0.1, 0.15) is 40.7 Å². The quantitative estimate of drug-likeness (QED) is 0.521. The molecule has 0 amide bonds. The summed E-state index contributed by atoms with van der Waals surface area (Å²) in [6.07, 6.45) is 1.31. The molecule has 0 spiro atoms. The lowest BCUT2D eigenvalue weighted by atomic mass is 9.97. The van der Waals surface area contributed by atoms with Crippen molar-refractivity contribution in [2.75, 3.05) is 12.4 Å². The second-order valence-corrected chi connectivity index (χ2v) is 7.72. The molecule has 29 heavy (non-hydrogen) atoms. The maximum Gasteiger partial charge on any atom is 0.203 e. The van der Waals surface area contributed by atoms with E-state index in [0.717, 1.165) is 11.4 Å². The fraction of sp³-hybridized carbons (Fsp3) is 0.318. The SMILES string of the molecule is CCC(N)C(Nc1nc(Cc2ccc(C)cc2)ns1)C(=O)c1ccc(OC)cc1. The standard InChI is InChI=1S/C22H26N4O2S/c1-4-18(23)20(21(27)16-9-11-17(28-3)12-10-16)25-22-24-19(26-29-22)13-15-7-5-14(2)6-8-15/h5-12,18,20H,4,13,23H2,1-3H3,(H,24,25,26). The Kier molecular flexibility index (Phi) is 6.95. The van der Waals surface area contributed by atoms with Crippen molar-refractivity contribution in [3.05, 3.63) is 71.0 Å². The highest BCUT2D eigenvalue weighted by Crippen LogP contribution is 2.20. The van der Waals surface area contributed by atoms with Gasteiger partial charge in [0.15, 0.2) is 5.78 Å². The van der Waals surface area contributed by atoms with Gasteiger partial charge in [-0.15, -0.1) is 0 Å². The van der Waals surface area contributed by atoms with E-state index in [0.29, 0.717) is 29.3 Å². The molecule has 2 aromatic carbocycles. The van der Waals surface area contributed by atoms with Gasteiger partial charge in [-0.3, -0.25) is 4.79 Å². The molecule has 0 saturated carbocycles. The van der Waals surface area contributed by atoms with E-state index in [1.165, 1.54) is 17.1 Å². The molecule has 0 aliphatic heterocycles. The number of methoxy groups -OCH3 is 1. The first kappa shape index (κ1) is 21.0. The summed E-state index contributed by atoms with van der Waals surface area (Å²) in [4.78, 5) is 17.6. The van der Waals surface area contributed by atoms with Gasteiger partial charge < -0.3 is 15.8 Å². The van der Waals surface area contributed by atoms with Crippen molar-refractivity contribution in [1.29, 1.82) is 0 Å². The Labute approximate surface area is 175 Å². The molecule has 1 heterocycles. The summed E-state index contributed by atoms with van der Waals surface area (Å²) in [5.74, 6) is 1.36. The number of nitrogens with zero attached hydrogens (tertiary/aromatic N) is 2. The minimum Gasteiger partial charge on any atom is -0.497 e. The smallest absolute Gasteiger partial charge is 0.203 e. The van der Waals surface area contributed by atoms with E-state index in [9.17, 15) is 4.79 Å². The summed E-state index contributed by atoms with van der Waals surface area (Å²) in [5.41, 5.74) is 9.20. The second kappa shape index (κ2) is 9.62. The van der Waals surface area contributed by atoms with Gasteiger partial charge in [0.25, 0.3) is 0 Å². The summed E-state index contributed by atoms with van der Waals surface area (Å²) < 4.78 is 9.59. The van der Waals surface area contributed by atoms with Crippen LogP contribution in [0.4, 0.5) is 5.13 Å². The van der Waals surface area contributed by atoms with Gasteiger partial charge >= 0.3 is 0 Å². The van der Waals surface area contributed by atoms with Crippen LogP contribution in [0, 0.1) is 6.92 Å². The van der Waals surface area contributed by atoms with Gasteiger partial charge in [0.1, 0.15) is 17.6 Å². The van der Waals surface area contributed by atoms with Gasteiger partial charge in [0, 0.05) is 29.6 Å². The lowest BCUT2D eigenvalue weighted by Gasteiger charge is -2.22. The number of carbonyl (C=O) groups is 1. The lowest BCUT2D eigenvalue weighted by molar-refractivity contribution is 0.0958. The Morgan fingerprint density at radius 1 is 1.17 bits per heavy atom. The number of Topliss-reactive ketones (excluding diaryl/α,β-unsaturated/α-hetero) is 1. The summed E-state index contributed by atoms with van der Waals surface area (Å²) in [7, 11) is 1.60. The molecule has 3 aromatic rings. The van der Waals surface area contributed by atoms with Crippen LogP contribution in [0.2, 0.25) is 0 Å². The molecule has 0 aliphatic carbocycles. The maximum atomic E-state index is 13.1. The first-order valence-electron chi connectivity index (χ1n) is 9.58. The van der Waals surface area contributed by atoms with Crippen molar-refractivity contribution in [2.24, 2.45) is 5.73 Å². The zero-order valence-electron chi connectivity index (χ0n) is 16.9. The molecular weight excluding hydrogens is 384 g/mol. The number of ketones is 1. The van der Waals surface area contributed by atoms with Crippen LogP contribution in [0.5, 0.6) is 5.75 Å². The van der Waals surface area contributed by atoms with Crippen LogP contribution in [-0.2, 0) is 6.42 Å². The van der Waals surface area contributed by atoms with Crippen LogP contribution in [0.3, 0.4) is 0 Å². The van der Waals surface area contributed by atoms with E-state index in [2.05, 4.69) is 45.9 Å². The molecule has 0 aliphatic rings. The Balaban J connectivity index is 1.73. The predicted molar refractivity (Wildman–Crippen MR) is 117 cm³/mol. The number of benzene rings is 2. The second-order valence-electron chi connectivity index (χ2n) is 6.96. The Morgan fingerprint density at radius 2 is 1.86 bits per heavy atom. The van der Waals surface area contributed by atoms with Gasteiger partial charge in [0.2, 0.25) is 5.13 Å². The molecule has 0 fully saturated rings. The summed E-state index contributed by atoms with van der Waals surface area (Å²) >= 11 is 1.25. The summed E-state index contributed by atoms with van der Waals surface area (Å²) in [6, 6.07) is 14.4. The molecule has 3 N–H and O–H groups in total. The minimum atomic E-state index is -0.575. The molecular formula is C22H26N4O2S. The van der Waals surface area contributed by atoms with Crippen molar-refractivity contribution in [3.63, 3.8) is 0 Å². The number of hydrogen-bond donors (Lipinski definition) is 2. The molecule has 0 saturated heterocycles. The van der Waals surface area contributed by atoms with Gasteiger partial charge in [0.05, 0.1) is 7.11 Å². The lowest BCUT2D eigenvalue weighted by Crippen LogP contribution is -2.45. The van der Waals surface area contributed by atoms with Crippen LogP contribution in [0.25, 0.3) is 0 Å². The van der Waals surface area contributed by atoms with E-state index in [4.69, 9.17) is 10.5 Å². The van der Waals surface area contributed by atoms with E-state index >= 15 is 0 Å². The Morgan fingerprint density at radius 3 is 2.48 bits per heavy atom. The van der Waals surface area contributed by atoms with Crippen LogP contribution < -0.4 is 15.8 Å². The topological polar surface area (TPSA) is 90.1 Å². The predicted octanol–water partition coefficient (Wildman–Crippen LogP) is 3.85. The van der Waals surface area contributed by atoms with E-state index < -0.39 is 6.04 Å². The molecule has 0 radical (unpaired) electrons. The van der Waals surface area contributed by atoms with Gasteiger partial charge in [-0.25, -0.2) is 4.98 Å². The largest absolute Gasteiger partial charge is 0.497 e. The van der Waals surface area contributed by atoms with Crippen LogP contribution >= 0.6 is 11.5 Å². The number of nitrogens with one attached hydrogen (secondary N) is 1. The third kappa shape index (κ3) is 5.40. The number of carbonyl (C=O) groups excluding carboxylic acids is 1. The van der Waals surface area contributed by atoms with Gasteiger partial charge in [-0.05, 0) is 43.2 Å². The normalized spacial score (nSPS) is 13.0. The zero-order chi connectivity index (χ0) is 20.8. The average molecular weight is 411 g/mol. The number of ether oxygens (including phenoxy) is 1. The molecule has 3 rings (SSSR count). The fourth-order valence-corrected chi connectivity index (χ4v) is 3.57. The monoisotopic (exact) mass is 410 g/mol. The number of nitrogens with two attached hydrogens (primary N) is 1. The molecule has 2 atom stereocenters. The third-order valence-corrected chi connectivity index (χ3v) is 5.47. The molecule has 6 nitrogen and oxygen atoms in total. The summed E-state index contributed by atoms with van der Waals surface area (Å²) in [6.45, 7) is 4.02. The molecule has 2 unspecified atom stereocenters. The third-order valence-electron chi connectivity index (χ3n) is 4.79. The number of hydrogen-bond acceptors (Lipinski definition) is 7. The van der Waals surface area contributed by atoms with Gasteiger partial charge in [-0.1, -0.05) is 36.8 Å². The van der Waals surface area contributed by atoms with Crippen molar-refractivity contribution < 1.29 is 9.53 Å². The number of rotatable bonds is 9. The van der Waals surface area contributed by atoms with Crippen molar-refractivity contribution in [1.82, 2.24) is 9.36 Å². The van der Waals surface area contributed by atoms with E-state index in [-0.39, 0.29) is 11.8 Å². The zero-order valence-corrected chi connectivity index (χ0v) is 17.7. The van der Waals surface area contributed by atoms with Crippen molar-refractivity contribution in [3.8, 4) is 5.75 Å².